The summed E-state index contributed by atoms with van der Waals surface area (Å²) in [5.74, 6) is 1.10. The van der Waals surface area contributed by atoms with E-state index in [-0.39, 0.29) is 17.9 Å². The standard InChI is InChI=1S/C16H24N6O3S/c17-11(16(24)25)1-2-26-7-10-5-22(6-12(10)23)4-9-3-19-14-13(9)20-8-21-15(14)18/h3,8-12,23H,1-2,4-7,17H2,(H,24,25)(H2,18,20,21)/t9?,10-,11?,12+/m1/s1. The molecule has 4 atom stereocenters. The Morgan fingerprint density at radius 2 is 2.23 bits per heavy atom. The Labute approximate surface area is 155 Å². The van der Waals surface area contributed by atoms with Crippen LogP contribution in [0, 0.1) is 5.92 Å². The van der Waals surface area contributed by atoms with Crippen LogP contribution in [-0.2, 0) is 4.79 Å². The second-order valence-electron chi connectivity index (χ2n) is 6.73. The second kappa shape index (κ2) is 8.30. The highest BCUT2D eigenvalue weighted by Gasteiger charge is 2.34. The van der Waals surface area contributed by atoms with Crippen molar-refractivity contribution in [3.05, 3.63) is 12.0 Å². The smallest absolute Gasteiger partial charge is 0.320 e. The van der Waals surface area contributed by atoms with Gasteiger partial charge in [0.15, 0.2) is 5.82 Å². The summed E-state index contributed by atoms with van der Waals surface area (Å²) in [6, 6.07) is -0.816. The Hall–Kier alpha value is -1.75. The van der Waals surface area contributed by atoms with E-state index >= 15 is 0 Å². The van der Waals surface area contributed by atoms with Gasteiger partial charge in [-0.3, -0.25) is 14.7 Å². The summed E-state index contributed by atoms with van der Waals surface area (Å²) in [7, 11) is 0. The molecule has 3 heterocycles. The predicted octanol–water partition coefficient (Wildman–Crippen LogP) is -0.314. The monoisotopic (exact) mass is 380 g/mol. The highest BCUT2D eigenvalue weighted by molar-refractivity contribution is 7.99. The summed E-state index contributed by atoms with van der Waals surface area (Å²) in [5, 5.41) is 19.1. The van der Waals surface area contributed by atoms with Gasteiger partial charge in [-0.25, -0.2) is 9.97 Å². The molecule has 0 aromatic carbocycles. The molecule has 2 unspecified atom stereocenters. The van der Waals surface area contributed by atoms with Gasteiger partial charge in [0, 0.05) is 31.8 Å². The molecule has 3 rings (SSSR count). The van der Waals surface area contributed by atoms with Gasteiger partial charge in [-0.1, -0.05) is 0 Å². The highest BCUT2D eigenvalue weighted by atomic mass is 32.2. The van der Waals surface area contributed by atoms with Crippen LogP contribution in [0.1, 0.15) is 18.0 Å². The minimum Gasteiger partial charge on any atom is -0.480 e. The van der Waals surface area contributed by atoms with Crippen molar-refractivity contribution in [2.24, 2.45) is 16.6 Å². The number of anilines is 1. The maximum absolute atomic E-state index is 10.7. The van der Waals surface area contributed by atoms with E-state index in [0.29, 0.717) is 30.2 Å². The predicted molar refractivity (Wildman–Crippen MR) is 101 cm³/mol. The molecule has 2 aliphatic heterocycles. The first-order valence-electron chi connectivity index (χ1n) is 8.56. The van der Waals surface area contributed by atoms with Crippen LogP contribution in [0.5, 0.6) is 0 Å². The van der Waals surface area contributed by atoms with Crippen molar-refractivity contribution in [1.29, 1.82) is 0 Å². The van der Waals surface area contributed by atoms with Crippen LogP contribution in [0.25, 0.3) is 0 Å². The zero-order chi connectivity index (χ0) is 18.7. The molecule has 10 heteroatoms. The van der Waals surface area contributed by atoms with E-state index in [9.17, 15) is 9.90 Å². The summed E-state index contributed by atoms with van der Waals surface area (Å²) >= 11 is 1.64. The number of fused-ring (bicyclic) bond motifs is 1. The molecule has 142 valence electrons. The van der Waals surface area contributed by atoms with Crippen LogP contribution in [-0.4, -0.2) is 80.6 Å². The van der Waals surface area contributed by atoms with Crippen molar-refractivity contribution in [2.75, 3.05) is 36.9 Å². The van der Waals surface area contributed by atoms with Crippen LogP contribution in [0.3, 0.4) is 0 Å². The molecule has 0 bridgehead atoms. The second-order valence-corrected chi connectivity index (χ2v) is 7.88. The minimum absolute atomic E-state index is 0.0578. The first kappa shape index (κ1) is 19.0. The van der Waals surface area contributed by atoms with Crippen molar-refractivity contribution >= 4 is 35.5 Å². The maximum Gasteiger partial charge on any atom is 0.320 e. The number of thioether (sulfide) groups is 1. The molecule has 0 radical (unpaired) electrons. The largest absolute Gasteiger partial charge is 0.480 e. The van der Waals surface area contributed by atoms with Crippen LogP contribution in [0.4, 0.5) is 11.5 Å². The number of aliphatic hydroxyl groups is 1. The summed E-state index contributed by atoms with van der Waals surface area (Å²) < 4.78 is 0. The lowest BCUT2D eigenvalue weighted by molar-refractivity contribution is -0.138. The summed E-state index contributed by atoms with van der Waals surface area (Å²) in [4.78, 5) is 25.5. The first-order chi connectivity index (χ1) is 12.5. The quantitative estimate of drug-likeness (QED) is 0.445. The minimum atomic E-state index is -0.972. The number of aromatic nitrogens is 2. The van der Waals surface area contributed by atoms with E-state index in [1.165, 1.54) is 6.33 Å². The van der Waals surface area contributed by atoms with E-state index in [1.807, 2.05) is 6.21 Å². The Balaban J connectivity index is 1.46. The highest BCUT2D eigenvalue weighted by Crippen LogP contribution is 2.35. The number of carboxylic acid groups (broad SMARTS) is 1. The third kappa shape index (κ3) is 4.32. The van der Waals surface area contributed by atoms with Gasteiger partial charge in [-0.2, -0.15) is 11.8 Å². The Kier molecular flexibility index (Phi) is 6.07. The number of β-amino-alcohol motifs (C(OH)–C–C–N with tert-alkyl or cyclic N) is 1. The number of hydrogen-bond donors (Lipinski definition) is 4. The Bertz CT molecular complexity index is 688. The van der Waals surface area contributed by atoms with Crippen molar-refractivity contribution in [2.45, 2.75) is 24.5 Å². The molecule has 0 saturated carbocycles. The fourth-order valence-corrected chi connectivity index (χ4v) is 4.50. The average Bonchev–Trinajstić information content (AvgIpc) is 3.16. The van der Waals surface area contributed by atoms with Crippen LogP contribution < -0.4 is 11.5 Å². The van der Waals surface area contributed by atoms with Crippen LogP contribution in [0.2, 0.25) is 0 Å². The third-order valence-corrected chi connectivity index (χ3v) is 5.96. The number of nitrogen functional groups attached to an aromatic ring is 1. The Morgan fingerprint density at radius 1 is 1.42 bits per heavy atom. The van der Waals surface area contributed by atoms with Gasteiger partial charge in [-0.15, -0.1) is 0 Å². The van der Waals surface area contributed by atoms with Crippen LogP contribution >= 0.6 is 11.8 Å². The molecule has 1 saturated heterocycles. The van der Waals surface area contributed by atoms with E-state index in [0.717, 1.165) is 24.5 Å². The van der Waals surface area contributed by atoms with Gasteiger partial charge in [0.1, 0.15) is 18.1 Å². The lowest BCUT2D eigenvalue weighted by Gasteiger charge is -2.19. The number of rotatable bonds is 8. The van der Waals surface area contributed by atoms with Crippen molar-refractivity contribution < 1.29 is 15.0 Å². The molecule has 1 fully saturated rings. The molecule has 1 aromatic heterocycles. The maximum atomic E-state index is 10.7. The SMILES string of the molecule is Nc1ncnc2c1N=CC2CN1C[C@H](CSCCC(N)C(=O)O)[C@@H](O)C1. The number of aliphatic hydroxyl groups excluding tert-OH is 1. The lowest BCUT2D eigenvalue weighted by atomic mass is 10.1. The molecule has 2 aliphatic rings. The molecular formula is C16H24N6O3S. The molecule has 0 amide bonds. The number of hydrogen-bond acceptors (Lipinski definition) is 9. The summed E-state index contributed by atoms with van der Waals surface area (Å²) in [6.07, 6.45) is 3.35. The van der Waals surface area contributed by atoms with E-state index in [1.54, 1.807) is 11.8 Å². The number of aliphatic carboxylic acids is 1. The van der Waals surface area contributed by atoms with E-state index in [2.05, 4.69) is 19.9 Å². The van der Waals surface area contributed by atoms with E-state index < -0.39 is 12.0 Å². The number of carboxylic acids is 1. The zero-order valence-electron chi connectivity index (χ0n) is 14.4. The Morgan fingerprint density at radius 3 is 3.00 bits per heavy atom. The summed E-state index contributed by atoms with van der Waals surface area (Å²) in [6.45, 7) is 2.13. The van der Waals surface area contributed by atoms with Gasteiger partial charge < -0.3 is 21.7 Å². The van der Waals surface area contributed by atoms with Crippen molar-refractivity contribution in [3.63, 3.8) is 0 Å². The number of nitrogens with two attached hydrogens (primary N) is 2. The molecule has 1 aromatic rings. The van der Waals surface area contributed by atoms with Crippen LogP contribution in [0.15, 0.2) is 11.3 Å². The lowest BCUT2D eigenvalue weighted by Crippen LogP contribution is -2.30. The summed E-state index contributed by atoms with van der Waals surface area (Å²) in [5.41, 5.74) is 12.8. The van der Waals surface area contributed by atoms with Gasteiger partial charge in [0.2, 0.25) is 0 Å². The molecule has 9 nitrogen and oxygen atoms in total. The van der Waals surface area contributed by atoms with Crippen molar-refractivity contribution in [1.82, 2.24) is 14.9 Å². The van der Waals surface area contributed by atoms with E-state index in [4.69, 9.17) is 16.6 Å². The average molecular weight is 380 g/mol. The number of likely N-dealkylation sites (tertiary alicyclic amines) is 1. The first-order valence-corrected chi connectivity index (χ1v) is 9.72. The van der Waals surface area contributed by atoms with Crippen molar-refractivity contribution in [3.8, 4) is 0 Å². The number of carbonyl (C=O) groups is 1. The molecule has 0 aliphatic carbocycles. The molecular weight excluding hydrogens is 356 g/mol. The fraction of sp³-hybridized carbons (Fsp3) is 0.625. The topological polar surface area (TPSA) is 151 Å². The van der Waals surface area contributed by atoms with Gasteiger partial charge in [0.25, 0.3) is 0 Å². The molecule has 6 N–H and O–H groups in total. The molecule has 26 heavy (non-hydrogen) atoms. The zero-order valence-corrected chi connectivity index (χ0v) is 15.2. The molecule has 0 spiro atoms. The third-order valence-electron chi connectivity index (χ3n) is 4.77. The fourth-order valence-electron chi connectivity index (χ4n) is 3.28. The number of aliphatic imine (C=N–C) groups is 1. The normalized spacial score (nSPS) is 26.2. The van der Waals surface area contributed by atoms with Gasteiger partial charge >= 0.3 is 5.97 Å². The van der Waals surface area contributed by atoms with Gasteiger partial charge in [0.05, 0.1) is 17.7 Å². The van der Waals surface area contributed by atoms with Gasteiger partial charge in [-0.05, 0) is 17.9 Å². The number of nitrogens with zero attached hydrogens (tertiary/aromatic N) is 4.